The standard InChI is InChI=1S/C9H9ClO2/c1-2-6-4-3-5-7(8(6)10)9(11)12/h3-5H,2H2,1H3,(H,11,12). The number of hydrogen-bond donors (Lipinski definition) is 1. The number of aryl methyl sites for hydroxylation is 1. The zero-order valence-electron chi connectivity index (χ0n) is 6.67. The molecule has 1 aromatic rings. The van der Waals surface area contributed by atoms with E-state index in [0.29, 0.717) is 5.02 Å². The highest BCUT2D eigenvalue weighted by Crippen LogP contribution is 2.21. The molecule has 0 radical (unpaired) electrons. The van der Waals surface area contributed by atoms with Crippen molar-refractivity contribution in [3.05, 3.63) is 34.3 Å². The smallest absolute Gasteiger partial charge is 0.337 e. The Morgan fingerprint density at radius 2 is 2.25 bits per heavy atom. The van der Waals surface area contributed by atoms with Crippen molar-refractivity contribution in [2.24, 2.45) is 0 Å². The molecule has 0 bridgehead atoms. The summed E-state index contributed by atoms with van der Waals surface area (Å²) in [5.41, 5.74) is 1.05. The van der Waals surface area contributed by atoms with E-state index < -0.39 is 5.97 Å². The monoisotopic (exact) mass is 184 g/mol. The Hall–Kier alpha value is -1.02. The highest BCUT2D eigenvalue weighted by molar-refractivity contribution is 6.34. The van der Waals surface area contributed by atoms with E-state index in [9.17, 15) is 4.79 Å². The third-order valence-electron chi connectivity index (χ3n) is 1.69. The summed E-state index contributed by atoms with van der Waals surface area (Å²) >= 11 is 5.82. The summed E-state index contributed by atoms with van der Waals surface area (Å²) in [7, 11) is 0. The molecular weight excluding hydrogens is 176 g/mol. The minimum atomic E-state index is -0.977. The van der Waals surface area contributed by atoms with Crippen molar-refractivity contribution in [3.63, 3.8) is 0 Å². The Morgan fingerprint density at radius 1 is 1.58 bits per heavy atom. The molecule has 1 rings (SSSR count). The first-order chi connectivity index (χ1) is 5.66. The molecule has 64 valence electrons. The second-order valence-electron chi connectivity index (χ2n) is 2.44. The lowest BCUT2D eigenvalue weighted by molar-refractivity contribution is 0.0697. The molecule has 0 spiro atoms. The van der Waals surface area contributed by atoms with Gasteiger partial charge in [-0.25, -0.2) is 4.79 Å². The SMILES string of the molecule is CCc1cccc(C(=O)O)c1Cl. The van der Waals surface area contributed by atoms with Gasteiger partial charge in [-0.1, -0.05) is 30.7 Å². The molecule has 0 aliphatic carbocycles. The molecular formula is C9H9ClO2. The Bertz CT molecular complexity index is 307. The molecule has 0 atom stereocenters. The zero-order chi connectivity index (χ0) is 9.14. The van der Waals surface area contributed by atoms with E-state index >= 15 is 0 Å². The van der Waals surface area contributed by atoms with Crippen molar-refractivity contribution >= 4 is 17.6 Å². The molecule has 1 N–H and O–H groups in total. The van der Waals surface area contributed by atoms with Gasteiger partial charge >= 0.3 is 5.97 Å². The first-order valence-corrected chi connectivity index (χ1v) is 4.05. The predicted molar refractivity (Wildman–Crippen MR) is 47.8 cm³/mol. The fourth-order valence-electron chi connectivity index (χ4n) is 1.02. The van der Waals surface area contributed by atoms with Gasteiger partial charge in [-0.3, -0.25) is 0 Å². The maximum Gasteiger partial charge on any atom is 0.337 e. The molecule has 0 saturated heterocycles. The van der Waals surface area contributed by atoms with E-state index in [4.69, 9.17) is 16.7 Å². The van der Waals surface area contributed by atoms with Crippen LogP contribution in [0.4, 0.5) is 0 Å². The number of aromatic carboxylic acids is 1. The van der Waals surface area contributed by atoms with Crippen LogP contribution in [0.1, 0.15) is 22.8 Å². The lowest BCUT2D eigenvalue weighted by Gasteiger charge is -2.02. The molecule has 1 aromatic carbocycles. The summed E-state index contributed by atoms with van der Waals surface area (Å²) in [4.78, 5) is 10.6. The van der Waals surface area contributed by atoms with Crippen molar-refractivity contribution in [1.82, 2.24) is 0 Å². The van der Waals surface area contributed by atoms with Gasteiger partial charge in [-0.2, -0.15) is 0 Å². The van der Waals surface area contributed by atoms with Crippen LogP contribution in [0.3, 0.4) is 0 Å². The van der Waals surface area contributed by atoms with Crippen LogP contribution in [0, 0.1) is 0 Å². The summed E-state index contributed by atoms with van der Waals surface area (Å²) in [6, 6.07) is 5.03. The quantitative estimate of drug-likeness (QED) is 0.767. The van der Waals surface area contributed by atoms with Gasteiger partial charge < -0.3 is 5.11 Å². The Balaban J connectivity index is 3.23. The number of halogens is 1. The van der Waals surface area contributed by atoms with Gasteiger partial charge in [0.05, 0.1) is 10.6 Å². The van der Waals surface area contributed by atoms with Crippen LogP contribution in [0.2, 0.25) is 5.02 Å². The van der Waals surface area contributed by atoms with E-state index in [1.54, 1.807) is 6.07 Å². The van der Waals surface area contributed by atoms with Crippen molar-refractivity contribution in [2.75, 3.05) is 0 Å². The topological polar surface area (TPSA) is 37.3 Å². The van der Waals surface area contributed by atoms with Crippen LogP contribution >= 0.6 is 11.6 Å². The highest BCUT2D eigenvalue weighted by atomic mass is 35.5. The molecule has 0 fully saturated rings. The molecule has 0 unspecified atom stereocenters. The molecule has 0 amide bonds. The Kier molecular flexibility index (Phi) is 2.71. The van der Waals surface area contributed by atoms with E-state index in [-0.39, 0.29) is 5.56 Å². The van der Waals surface area contributed by atoms with Gasteiger partial charge in [0, 0.05) is 0 Å². The summed E-state index contributed by atoms with van der Waals surface area (Å²) in [5, 5.41) is 9.06. The van der Waals surface area contributed by atoms with Crippen molar-refractivity contribution in [1.29, 1.82) is 0 Å². The van der Waals surface area contributed by atoms with Gasteiger partial charge in [0.15, 0.2) is 0 Å². The number of carbonyl (C=O) groups is 1. The Morgan fingerprint density at radius 3 is 2.75 bits per heavy atom. The van der Waals surface area contributed by atoms with Gasteiger partial charge in [-0.15, -0.1) is 0 Å². The second-order valence-corrected chi connectivity index (χ2v) is 2.82. The molecule has 3 heteroatoms. The van der Waals surface area contributed by atoms with Crippen LogP contribution in [-0.4, -0.2) is 11.1 Å². The van der Waals surface area contributed by atoms with Gasteiger partial charge in [0.1, 0.15) is 0 Å². The molecule has 0 aromatic heterocycles. The van der Waals surface area contributed by atoms with Gasteiger partial charge in [0.2, 0.25) is 0 Å². The van der Waals surface area contributed by atoms with Gasteiger partial charge in [0.25, 0.3) is 0 Å². The number of carboxylic acid groups (broad SMARTS) is 1. The van der Waals surface area contributed by atoms with Crippen LogP contribution < -0.4 is 0 Å². The minimum Gasteiger partial charge on any atom is -0.478 e. The number of hydrogen-bond acceptors (Lipinski definition) is 1. The number of benzene rings is 1. The summed E-state index contributed by atoms with van der Waals surface area (Å²) < 4.78 is 0. The molecule has 0 saturated carbocycles. The average Bonchev–Trinajstić information content (AvgIpc) is 2.04. The van der Waals surface area contributed by atoms with Crippen molar-refractivity contribution in [2.45, 2.75) is 13.3 Å². The second kappa shape index (κ2) is 3.59. The highest BCUT2D eigenvalue weighted by Gasteiger charge is 2.09. The first kappa shape index (κ1) is 9.07. The van der Waals surface area contributed by atoms with Crippen molar-refractivity contribution in [3.8, 4) is 0 Å². The zero-order valence-corrected chi connectivity index (χ0v) is 7.43. The number of carboxylic acids is 1. The van der Waals surface area contributed by atoms with Crippen LogP contribution in [-0.2, 0) is 6.42 Å². The lowest BCUT2D eigenvalue weighted by Crippen LogP contribution is -1.98. The molecule has 2 nitrogen and oxygen atoms in total. The summed E-state index contributed by atoms with van der Waals surface area (Å²) in [6.07, 6.45) is 0.750. The lowest BCUT2D eigenvalue weighted by atomic mass is 10.1. The minimum absolute atomic E-state index is 0.177. The van der Waals surface area contributed by atoms with E-state index in [1.807, 2.05) is 13.0 Å². The summed E-state index contributed by atoms with van der Waals surface area (Å²) in [5.74, 6) is -0.977. The fraction of sp³-hybridized carbons (Fsp3) is 0.222. The maximum absolute atomic E-state index is 10.6. The average molecular weight is 185 g/mol. The maximum atomic E-state index is 10.6. The van der Waals surface area contributed by atoms with Crippen LogP contribution in [0.15, 0.2) is 18.2 Å². The summed E-state index contributed by atoms with van der Waals surface area (Å²) in [6.45, 7) is 1.94. The fourth-order valence-corrected chi connectivity index (χ4v) is 1.36. The van der Waals surface area contributed by atoms with Crippen LogP contribution in [0.25, 0.3) is 0 Å². The molecule has 0 aliphatic rings. The van der Waals surface area contributed by atoms with E-state index in [1.165, 1.54) is 6.07 Å². The Labute approximate surface area is 75.8 Å². The van der Waals surface area contributed by atoms with Crippen LogP contribution in [0.5, 0.6) is 0 Å². The predicted octanol–water partition coefficient (Wildman–Crippen LogP) is 2.60. The first-order valence-electron chi connectivity index (χ1n) is 3.67. The molecule has 0 aliphatic heterocycles. The number of rotatable bonds is 2. The van der Waals surface area contributed by atoms with E-state index in [2.05, 4.69) is 0 Å². The normalized spacial score (nSPS) is 9.83. The third kappa shape index (κ3) is 1.59. The largest absolute Gasteiger partial charge is 0.478 e. The van der Waals surface area contributed by atoms with Crippen molar-refractivity contribution < 1.29 is 9.90 Å². The van der Waals surface area contributed by atoms with Gasteiger partial charge in [-0.05, 0) is 18.1 Å². The van der Waals surface area contributed by atoms with E-state index in [0.717, 1.165) is 12.0 Å². The molecule has 12 heavy (non-hydrogen) atoms. The third-order valence-corrected chi connectivity index (χ3v) is 2.14. The molecule has 0 heterocycles.